The molecule has 230 valence electrons. The molecular formula is C36H29N3O5S2. The van der Waals surface area contributed by atoms with Crippen molar-refractivity contribution in [3.8, 4) is 11.5 Å². The van der Waals surface area contributed by atoms with Crippen LogP contribution in [-0.4, -0.2) is 30.9 Å². The number of nitrogens with one attached hydrogen (secondary N) is 3. The molecule has 46 heavy (non-hydrogen) atoms. The van der Waals surface area contributed by atoms with Gasteiger partial charge in [-0.15, -0.1) is 23.1 Å². The van der Waals surface area contributed by atoms with Crippen molar-refractivity contribution in [2.75, 3.05) is 23.8 Å². The summed E-state index contributed by atoms with van der Waals surface area (Å²) < 4.78 is 11.3. The smallest absolute Gasteiger partial charge is 0.272 e. The van der Waals surface area contributed by atoms with Crippen LogP contribution in [0.1, 0.15) is 26.0 Å². The second-order valence-electron chi connectivity index (χ2n) is 10.1. The molecule has 6 rings (SSSR count). The molecule has 0 bridgehead atoms. The van der Waals surface area contributed by atoms with Gasteiger partial charge in [-0.25, -0.2) is 0 Å². The molecule has 1 aliphatic rings. The maximum Gasteiger partial charge on any atom is 0.272 e. The molecule has 1 unspecified atom stereocenters. The van der Waals surface area contributed by atoms with E-state index >= 15 is 0 Å². The van der Waals surface area contributed by atoms with Gasteiger partial charge in [0, 0.05) is 32.8 Å². The van der Waals surface area contributed by atoms with Gasteiger partial charge in [-0.1, -0.05) is 60.7 Å². The lowest BCUT2D eigenvalue weighted by Gasteiger charge is -2.20. The minimum atomic E-state index is -0.597. The Kier molecular flexibility index (Phi) is 9.77. The Hall–Kier alpha value is -5.32. The Morgan fingerprint density at radius 1 is 0.739 bits per heavy atom. The highest BCUT2D eigenvalue weighted by Gasteiger charge is 2.24. The molecule has 1 aliphatic heterocycles. The third-order valence-corrected chi connectivity index (χ3v) is 8.92. The van der Waals surface area contributed by atoms with Crippen LogP contribution in [0.5, 0.6) is 11.5 Å². The van der Waals surface area contributed by atoms with Crippen molar-refractivity contribution in [1.82, 2.24) is 5.32 Å². The Labute approximate surface area is 274 Å². The predicted molar refractivity (Wildman–Crippen MR) is 182 cm³/mol. The van der Waals surface area contributed by atoms with Crippen LogP contribution in [0.25, 0.3) is 6.08 Å². The lowest BCUT2D eigenvalue weighted by Crippen LogP contribution is -2.30. The fourth-order valence-corrected chi connectivity index (χ4v) is 6.41. The first kappa shape index (κ1) is 30.7. The second-order valence-corrected chi connectivity index (χ2v) is 12.3. The summed E-state index contributed by atoms with van der Waals surface area (Å²) in [6, 6.07) is 34.5. The van der Waals surface area contributed by atoms with Crippen molar-refractivity contribution >= 4 is 58.3 Å². The van der Waals surface area contributed by atoms with Crippen molar-refractivity contribution in [3.05, 3.63) is 142 Å². The van der Waals surface area contributed by atoms with E-state index < -0.39 is 17.1 Å². The van der Waals surface area contributed by atoms with E-state index in [9.17, 15) is 14.4 Å². The fraction of sp³-hybridized carbons (Fsp3) is 0.0833. The van der Waals surface area contributed by atoms with Crippen LogP contribution in [0, 0.1) is 0 Å². The van der Waals surface area contributed by atoms with E-state index in [1.54, 1.807) is 60.7 Å². The molecule has 0 radical (unpaired) electrons. The predicted octanol–water partition coefficient (Wildman–Crippen LogP) is 7.40. The lowest BCUT2D eigenvalue weighted by molar-refractivity contribution is -0.116. The Morgan fingerprint density at radius 3 is 2.24 bits per heavy atom. The normalized spacial score (nSPS) is 12.9. The zero-order chi connectivity index (χ0) is 31.7. The van der Waals surface area contributed by atoms with Crippen molar-refractivity contribution in [3.63, 3.8) is 0 Å². The van der Waals surface area contributed by atoms with Gasteiger partial charge in [0.05, 0.1) is 0 Å². The number of hydrogen-bond acceptors (Lipinski definition) is 7. The van der Waals surface area contributed by atoms with Crippen LogP contribution >= 0.6 is 23.1 Å². The molecule has 0 saturated heterocycles. The first-order valence-electron chi connectivity index (χ1n) is 14.5. The van der Waals surface area contributed by atoms with Gasteiger partial charge in [-0.05, 0) is 65.6 Å². The van der Waals surface area contributed by atoms with Gasteiger partial charge in [0.2, 0.25) is 5.91 Å². The summed E-state index contributed by atoms with van der Waals surface area (Å²) in [7, 11) is 0. The first-order valence-corrected chi connectivity index (χ1v) is 16.2. The number of hydrogen-bond donors (Lipinski definition) is 3. The number of ether oxygens (including phenoxy) is 2. The summed E-state index contributed by atoms with van der Waals surface area (Å²) in [6.07, 6.45) is 1.65. The zero-order valence-electron chi connectivity index (χ0n) is 24.5. The molecule has 1 aromatic heterocycles. The molecule has 0 fully saturated rings. The summed E-state index contributed by atoms with van der Waals surface area (Å²) in [5.41, 5.74) is 2.48. The summed E-state index contributed by atoms with van der Waals surface area (Å²) >= 11 is 2.81. The van der Waals surface area contributed by atoms with Crippen LogP contribution in [-0.2, 0) is 9.59 Å². The summed E-state index contributed by atoms with van der Waals surface area (Å²) in [4.78, 5) is 41.7. The van der Waals surface area contributed by atoms with E-state index in [1.807, 2.05) is 66.0 Å². The van der Waals surface area contributed by atoms with Gasteiger partial charge < -0.3 is 25.4 Å². The molecule has 0 aliphatic carbocycles. The van der Waals surface area contributed by atoms with Gasteiger partial charge >= 0.3 is 0 Å². The molecule has 0 saturated carbocycles. The van der Waals surface area contributed by atoms with Gasteiger partial charge in [0.25, 0.3) is 11.8 Å². The molecule has 10 heteroatoms. The number of carbonyl (C=O) groups is 3. The average molecular weight is 648 g/mol. The molecule has 0 spiro atoms. The molecular weight excluding hydrogens is 619 g/mol. The Morgan fingerprint density at radius 2 is 1.48 bits per heavy atom. The maximum atomic E-state index is 13.7. The quantitative estimate of drug-likeness (QED) is 0.108. The van der Waals surface area contributed by atoms with Crippen LogP contribution in [0.2, 0.25) is 0 Å². The summed E-state index contributed by atoms with van der Waals surface area (Å²) in [6.45, 7) is 0.935. The average Bonchev–Trinajstić information content (AvgIpc) is 3.61. The molecule has 3 N–H and O–H groups in total. The van der Waals surface area contributed by atoms with Gasteiger partial charge in [-0.2, -0.15) is 0 Å². The molecule has 2 heterocycles. The number of benzene rings is 4. The second kappa shape index (κ2) is 14.6. The number of amides is 3. The lowest BCUT2D eigenvalue weighted by atomic mass is 10.1. The van der Waals surface area contributed by atoms with Crippen molar-refractivity contribution < 1.29 is 23.9 Å². The SMILES string of the molecule is O=C(Nc1cccc(SC(C(=O)Nc2ccc3c(c2)OCCO3)c2ccccc2)c1)/C(=C/c1cccs1)NC(=O)c1ccccc1. The summed E-state index contributed by atoms with van der Waals surface area (Å²) in [5, 5.41) is 9.98. The van der Waals surface area contributed by atoms with Crippen molar-refractivity contribution in [1.29, 1.82) is 0 Å². The monoisotopic (exact) mass is 647 g/mol. The van der Waals surface area contributed by atoms with Crippen LogP contribution in [0.4, 0.5) is 11.4 Å². The van der Waals surface area contributed by atoms with E-state index in [4.69, 9.17) is 9.47 Å². The highest BCUT2D eigenvalue weighted by molar-refractivity contribution is 8.00. The number of carbonyl (C=O) groups excluding carboxylic acids is 3. The van der Waals surface area contributed by atoms with E-state index in [2.05, 4.69) is 16.0 Å². The zero-order valence-corrected chi connectivity index (χ0v) is 26.1. The molecule has 3 amide bonds. The fourth-order valence-electron chi connectivity index (χ4n) is 4.67. The van der Waals surface area contributed by atoms with E-state index in [0.717, 1.165) is 15.3 Å². The molecule has 4 aromatic carbocycles. The minimum absolute atomic E-state index is 0.107. The third kappa shape index (κ3) is 7.84. The number of anilines is 2. The number of thiophene rings is 1. The highest BCUT2D eigenvalue weighted by Crippen LogP contribution is 2.38. The van der Waals surface area contributed by atoms with Gasteiger partial charge in [0.15, 0.2) is 11.5 Å². The van der Waals surface area contributed by atoms with Crippen molar-refractivity contribution in [2.24, 2.45) is 0 Å². The van der Waals surface area contributed by atoms with Crippen LogP contribution in [0.3, 0.4) is 0 Å². The first-order chi connectivity index (χ1) is 22.5. The standard InChI is InChI=1S/C36H29N3O5S2/c40-34(25-11-5-2-6-12-25)39-30(23-28-15-8-20-45-28)35(41)37-26-13-7-14-29(21-26)46-33(24-9-3-1-4-10-24)36(42)38-27-16-17-31-32(22-27)44-19-18-43-31/h1-17,20-23,33H,18-19H2,(H,37,41)(H,38,42)(H,39,40)/b30-23-. The summed E-state index contributed by atoms with van der Waals surface area (Å²) in [5.74, 6) is 0.148. The number of fused-ring (bicyclic) bond motifs is 1. The highest BCUT2D eigenvalue weighted by atomic mass is 32.2. The third-order valence-electron chi connectivity index (χ3n) is 6.85. The Balaban J connectivity index is 1.20. The van der Waals surface area contributed by atoms with Crippen LogP contribution < -0.4 is 25.4 Å². The van der Waals surface area contributed by atoms with Crippen molar-refractivity contribution in [2.45, 2.75) is 10.1 Å². The molecule has 8 nitrogen and oxygen atoms in total. The van der Waals surface area contributed by atoms with E-state index in [1.165, 1.54) is 23.1 Å². The maximum absolute atomic E-state index is 13.7. The number of rotatable bonds is 10. The van der Waals surface area contributed by atoms with E-state index in [-0.39, 0.29) is 11.6 Å². The van der Waals surface area contributed by atoms with E-state index in [0.29, 0.717) is 41.7 Å². The minimum Gasteiger partial charge on any atom is -0.486 e. The largest absolute Gasteiger partial charge is 0.486 e. The number of thioether (sulfide) groups is 1. The van der Waals surface area contributed by atoms with Gasteiger partial charge in [0.1, 0.15) is 24.2 Å². The molecule has 1 atom stereocenters. The van der Waals surface area contributed by atoms with Crippen LogP contribution in [0.15, 0.2) is 131 Å². The Bertz CT molecular complexity index is 1860. The topological polar surface area (TPSA) is 106 Å². The molecule has 5 aromatic rings. The van der Waals surface area contributed by atoms with Gasteiger partial charge in [-0.3, -0.25) is 14.4 Å².